The van der Waals surface area contributed by atoms with E-state index in [9.17, 15) is 20.1 Å². The van der Waals surface area contributed by atoms with Crippen LogP contribution in [0.1, 0.15) is 113 Å². The number of aliphatic imine (C=N–C) groups is 1. The number of allylic oxidation sites excluding steroid dienone is 1. The summed E-state index contributed by atoms with van der Waals surface area (Å²) in [5.41, 5.74) is 18.3. The number of aliphatic hydroxyl groups is 2. The molecular formula is C40H53N4O5+. The van der Waals surface area contributed by atoms with Gasteiger partial charge >= 0.3 is 0 Å². The number of phenols is 1. The van der Waals surface area contributed by atoms with Crippen LogP contribution >= 0.6 is 0 Å². The molecule has 0 spiro atoms. The summed E-state index contributed by atoms with van der Waals surface area (Å²) in [7, 11) is 0. The number of hydrogen-bond acceptors (Lipinski definition) is 8. The van der Waals surface area contributed by atoms with Crippen LogP contribution in [0, 0.1) is 17.8 Å². The van der Waals surface area contributed by atoms with E-state index < -0.39 is 24.6 Å². The second-order valence-electron chi connectivity index (χ2n) is 13.7. The van der Waals surface area contributed by atoms with Crippen molar-refractivity contribution in [1.29, 1.82) is 0 Å². The molecular weight excluding hydrogens is 616 g/mol. The van der Waals surface area contributed by atoms with E-state index in [-0.39, 0.29) is 17.5 Å². The van der Waals surface area contributed by atoms with Gasteiger partial charge in [-0.1, -0.05) is 88.5 Å². The van der Waals surface area contributed by atoms with Crippen molar-refractivity contribution < 1.29 is 29.8 Å². The van der Waals surface area contributed by atoms with Crippen molar-refractivity contribution in [2.45, 2.75) is 115 Å². The highest BCUT2D eigenvalue weighted by atomic mass is 16.5. The average Bonchev–Trinajstić information content (AvgIpc) is 3.67. The number of Topliss-reactive ketones (excluding diaryl/α,β-unsaturated/α-hetero) is 1. The summed E-state index contributed by atoms with van der Waals surface area (Å²) in [6.45, 7) is 4.92. The molecule has 262 valence electrons. The first-order valence-electron chi connectivity index (χ1n) is 18.0. The van der Waals surface area contributed by atoms with Crippen LogP contribution in [0.5, 0.6) is 11.5 Å². The van der Waals surface area contributed by atoms with Gasteiger partial charge in [0.2, 0.25) is 6.23 Å². The minimum absolute atomic E-state index is 0.00480. The molecule has 0 fully saturated rings. The van der Waals surface area contributed by atoms with Crippen LogP contribution in [0.25, 0.3) is 0 Å². The van der Waals surface area contributed by atoms with Crippen LogP contribution in [0.15, 0.2) is 64.4 Å². The zero-order valence-electron chi connectivity index (χ0n) is 29.0. The minimum Gasteiger partial charge on any atom is -0.504 e. The van der Waals surface area contributed by atoms with Gasteiger partial charge in [-0.15, -0.1) is 0 Å². The smallest absolute Gasteiger partial charge is 0.247 e. The highest BCUT2D eigenvalue weighted by Crippen LogP contribution is 2.32. The number of aromatic hydroxyl groups is 1. The van der Waals surface area contributed by atoms with E-state index in [0.29, 0.717) is 56.4 Å². The topological polar surface area (TPSA) is 156 Å². The molecule has 0 radical (unpaired) electrons. The fourth-order valence-corrected chi connectivity index (χ4v) is 7.02. The number of ether oxygens (including phenoxy) is 1. The Morgan fingerprint density at radius 3 is 2.61 bits per heavy atom. The number of carbonyl (C=O) groups is 1. The van der Waals surface area contributed by atoms with Crippen molar-refractivity contribution in [2.24, 2.45) is 22.4 Å². The Morgan fingerprint density at radius 1 is 1.08 bits per heavy atom. The first-order valence-corrected chi connectivity index (χ1v) is 18.0. The van der Waals surface area contributed by atoms with Crippen LogP contribution in [-0.4, -0.2) is 46.2 Å². The van der Waals surface area contributed by atoms with E-state index in [1.807, 2.05) is 36.7 Å². The maximum absolute atomic E-state index is 13.4. The van der Waals surface area contributed by atoms with Crippen molar-refractivity contribution in [3.05, 3.63) is 81.7 Å². The molecule has 5 atom stereocenters. The lowest BCUT2D eigenvalue weighted by atomic mass is 9.86. The van der Waals surface area contributed by atoms with E-state index in [1.165, 1.54) is 0 Å². The molecule has 49 heavy (non-hydrogen) atoms. The molecule has 0 saturated carbocycles. The maximum Gasteiger partial charge on any atom is 0.247 e. The number of benzene rings is 2. The van der Waals surface area contributed by atoms with Gasteiger partial charge in [-0.3, -0.25) is 14.7 Å². The number of fused-ring (bicyclic) bond motifs is 2. The first kappa shape index (κ1) is 36.5. The van der Waals surface area contributed by atoms with Crippen molar-refractivity contribution in [3.8, 4) is 23.3 Å². The Balaban J connectivity index is 1.32. The Kier molecular flexibility index (Phi) is 12.8. The number of aryl methyl sites for hydroxylation is 1. The third-order valence-corrected chi connectivity index (χ3v) is 9.98. The predicted molar refractivity (Wildman–Crippen MR) is 192 cm³/mol. The van der Waals surface area contributed by atoms with Crippen LogP contribution in [-0.2, 0) is 17.6 Å². The van der Waals surface area contributed by atoms with Gasteiger partial charge in [0.25, 0.3) is 0 Å². The number of carbonyl (C=O) groups excluding carboxylic acids is 1. The number of quaternary nitrogens is 1. The fraction of sp³-hybridized carbons (Fsp3) is 0.500. The van der Waals surface area contributed by atoms with Crippen molar-refractivity contribution in [1.82, 2.24) is 0 Å². The van der Waals surface area contributed by atoms with Gasteiger partial charge in [-0.25, -0.2) is 0 Å². The summed E-state index contributed by atoms with van der Waals surface area (Å²) in [6.07, 6.45) is 10.3. The lowest BCUT2D eigenvalue weighted by Gasteiger charge is -2.24. The number of nitrogens with one attached hydrogen (secondary N) is 1. The third-order valence-electron chi connectivity index (χ3n) is 9.98. The molecule has 0 amide bonds. The van der Waals surface area contributed by atoms with Crippen molar-refractivity contribution in [3.63, 3.8) is 0 Å². The van der Waals surface area contributed by atoms with Gasteiger partial charge in [0.05, 0.1) is 12.3 Å². The number of unbranched alkanes of at least 4 members (excludes halogenated alkanes) is 4. The highest BCUT2D eigenvalue weighted by Gasteiger charge is 2.35. The van der Waals surface area contributed by atoms with Crippen LogP contribution in [0.4, 0.5) is 0 Å². The number of hydrogen-bond donors (Lipinski definition) is 6. The number of nitrogens with zero attached hydrogens (tertiary/aromatic N) is 1. The largest absolute Gasteiger partial charge is 0.504 e. The molecule has 0 saturated heterocycles. The standard InChI is InChI=1S/C40H52N4O5/c1-3-5-7-10-31(35(46)11-8-6-4-2)36(47)18-14-26-15-19-37(48)38(20-26)49-39-13-9-12-34(45)30-17-16-27(40(41)42)21-28(30)22-29-23-43-33-25-44(39)24-32(29)33/h15-17,19-21,23,25,31,34-35,39-40,45-46,48H,3-8,10-11,13-14,18,22,24,41-42H2,1-2H3/p+1/t31-,34+,35-,39-/m1/s1. The van der Waals surface area contributed by atoms with Gasteiger partial charge < -0.3 is 31.5 Å². The number of nitrogens with two attached hydrogens (primary N) is 2. The van der Waals surface area contributed by atoms with E-state index >= 15 is 0 Å². The number of ketones is 1. The minimum atomic E-state index is -1.01. The van der Waals surface area contributed by atoms with E-state index in [4.69, 9.17) is 16.2 Å². The first-order chi connectivity index (χ1) is 23.7. The fourth-order valence-electron chi connectivity index (χ4n) is 7.02. The van der Waals surface area contributed by atoms with Crippen molar-refractivity contribution >= 4 is 12.0 Å². The van der Waals surface area contributed by atoms with Crippen molar-refractivity contribution in [2.75, 3.05) is 6.54 Å². The van der Waals surface area contributed by atoms with Crippen LogP contribution in [0.2, 0.25) is 0 Å². The van der Waals surface area contributed by atoms with Gasteiger partial charge in [0.1, 0.15) is 36.7 Å². The second kappa shape index (κ2) is 17.2. The van der Waals surface area contributed by atoms with E-state index in [1.54, 1.807) is 12.1 Å². The Labute approximate surface area is 290 Å². The second-order valence-corrected chi connectivity index (χ2v) is 13.7. The molecule has 2 aromatic rings. The summed E-state index contributed by atoms with van der Waals surface area (Å²) in [5, 5.41) is 32.9. The third kappa shape index (κ3) is 9.27. The monoisotopic (exact) mass is 669 g/mol. The lowest BCUT2D eigenvalue weighted by molar-refractivity contribution is -0.885. The molecule has 2 aromatic carbocycles. The average molecular weight is 670 g/mol. The molecule has 0 aromatic heterocycles. The van der Waals surface area contributed by atoms with Gasteiger partial charge in [-0.05, 0) is 65.6 Å². The number of aliphatic hydroxyl groups excluding tert-OH is 2. The number of rotatable bonds is 16. The molecule has 5 rings (SSSR count). The summed E-state index contributed by atoms with van der Waals surface area (Å²) in [5.74, 6) is 6.20. The van der Waals surface area contributed by atoms with Crippen LogP contribution < -0.4 is 21.1 Å². The van der Waals surface area contributed by atoms with E-state index in [0.717, 1.165) is 77.0 Å². The zero-order chi connectivity index (χ0) is 34.9. The normalized spacial score (nSPS) is 21.0. The molecule has 0 aliphatic carbocycles. The predicted octanol–water partition coefficient (Wildman–Crippen LogP) is 4.46. The highest BCUT2D eigenvalue weighted by molar-refractivity contribution is 5.87. The molecule has 1 unspecified atom stereocenters. The molecule has 2 bridgehead atoms. The van der Waals surface area contributed by atoms with E-state index in [2.05, 4.69) is 30.7 Å². The SMILES string of the molecule is CCCCC[C@@H](O)[C@@H](CCCCC)C(=O)CCc1ccc(O)c(O[C@@H]2CC#C[C@H](O)c3ccc(C(N)N)cc3CC3=C4C[NH+]2C=C4N=C3)c1. The molecule has 8 N–H and O–H groups in total. The zero-order valence-corrected chi connectivity index (χ0v) is 29.0. The van der Waals surface area contributed by atoms with Gasteiger partial charge in [-0.2, -0.15) is 0 Å². The summed E-state index contributed by atoms with van der Waals surface area (Å²) in [6, 6.07) is 10.8. The maximum atomic E-state index is 13.4. The molecule has 3 heterocycles. The lowest BCUT2D eigenvalue weighted by Crippen LogP contribution is -3.11. The summed E-state index contributed by atoms with van der Waals surface area (Å²) in [4.78, 5) is 19.1. The molecule has 9 heteroatoms. The van der Waals surface area contributed by atoms with Gasteiger partial charge in [0, 0.05) is 24.1 Å². The van der Waals surface area contributed by atoms with Gasteiger partial charge in [0.15, 0.2) is 11.5 Å². The molecule has 9 nitrogen and oxygen atoms in total. The summed E-state index contributed by atoms with van der Waals surface area (Å²) >= 11 is 0. The Hall–Kier alpha value is -3.78. The van der Waals surface area contributed by atoms with Crippen LogP contribution in [0.3, 0.4) is 0 Å². The quantitative estimate of drug-likeness (QED) is 0.0876. The molecule has 3 aliphatic rings. The summed E-state index contributed by atoms with van der Waals surface area (Å²) < 4.78 is 6.49. The molecule has 3 aliphatic heterocycles. The number of phenolic OH excluding ortho intramolecular Hbond substituents is 1. The Bertz CT molecular complexity index is 1630. The Morgan fingerprint density at radius 2 is 1.86 bits per heavy atom.